The van der Waals surface area contributed by atoms with Gasteiger partial charge in [-0.1, -0.05) is 11.6 Å². The summed E-state index contributed by atoms with van der Waals surface area (Å²) in [5, 5.41) is 12.3. The fourth-order valence-corrected chi connectivity index (χ4v) is 4.03. The largest absolute Gasteiger partial charge is 0.389 e. The van der Waals surface area contributed by atoms with Gasteiger partial charge in [-0.3, -0.25) is 14.5 Å². The first kappa shape index (κ1) is 25.1. The number of β-amino-alcohol motifs (C(OH)–C–C–N with tert-alkyl or cyclic N) is 1. The predicted molar refractivity (Wildman–Crippen MR) is 125 cm³/mol. The van der Waals surface area contributed by atoms with Gasteiger partial charge in [0.25, 0.3) is 5.91 Å². The van der Waals surface area contributed by atoms with Crippen LogP contribution in [0.2, 0.25) is 5.02 Å². The van der Waals surface area contributed by atoms with Crippen LogP contribution in [0.1, 0.15) is 15.9 Å². The number of ether oxygens (including phenoxy) is 1. The van der Waals surface area contributed by atoms with E-state index in [-0.39, 0.29) is 17.9 Å². The van der Waals surface area contributed by atoms with Crippen molar-refractivity contribution in [2.24, 2.45) is 0 Å². The summed E-state index contributed by atoms with van der Waals surface area (Å²) in [5.41, 5.74) is 2.83. The number of carbonyl (C=O) groups is 1. The third-order valence-electron chi connectivity index (χ3n) is 4.87. The molecule has 2 aromatic carbocycles. The Morgan fingerprint density at radius 2 is 2.03 bits per heavy atom. The molecule has 1 amide bonds. The van der Waals surface area contributed by atoms with Crippen molar-refractivity contribution in [2.75, 3.05) is 44.8 Å². The van der Waals surface area contributed by atoms with E-state index in [4.69, 9.17) is 21.2 Å². The van der Waals surface area contributed by atoms with Gasteiger partial charge in [-0.2, -0.15) is 0 Å². The van der Waals surface area contributed by atoms with E-state index in [2.05, 4.69) is 33.4 Å². The highest BCUT2D eigenvalue weighted by molar-refractivity contribution is 14.1. The van der Waals surface area contributed by atoms with Crippen molar-refractivity contribution in [3.8, 4) is 0 Å². The van der Waals surface area contributed by atoms with Crippen LogP contribution in [0, 0.1) is 22.1 Å². The van der Waals surface area contributed by atoms with Gasteiger partial charge in [0.05, 0.1) is 35.6 Å². The van der Waals surface area contributed by atoms with Crippen LogP contribution in [-0.4, -0.2) is 61.5 Å². The lowest BCUT2D eigenvalue weighted by Crippen LogP contribution is -2.42. The Morgan fingerprint density at radius 3 is 2.72 bits per heavy atom. The molecule has 11 heteroatoms. The lowest BCUT2D eigenvalue weighted by atomic mass is 10.1. The van der Waals surface area contributed by atoms with E-state index in [1.165, 1.54) is 0 Å². The molecule has 1 atom stereocenters. The lowest BCUT2D eigenvalue weighted by Gasteiger charge is -2.28. The molecular formula is C21H23ClF2IN3O4. The number of amides is 1. The SMILES string of the molecule is Cc1cc(I)ccc1Nc1c(C(=O)NOCC(O)CN2CCOCC2)cc(Cl)c(F)c1F. The number of hydrogen-bond acceptors (Lipinski definition) is 6. The highest BCUT2D eigenvalue weighted by atomic mass is 127. The van der Waals surface area contributed by atoms with Gasteiger partial charge in [-0.25, -0.2) is 14.3 Å². The molecule has 32 heavy (non-hydrogen) atoms. The number of nitrogens with zero attached hydrogens (tertiary/aromatic N) is 1. The minimum atomic E-state index is -1.28. The zero-order chi connectivity index (χ0) is 23.3. The minimum absolute atomic E-state index is 0.181. The molecule has 1 fully saturated rings. The predicted octanol–water partition coefficient (Wildman–Crippen LogP) is 3.63. The molecule has 0 aliphatic carbocycles. The number of nitrogens with one attached hydrogen (secondary N) is 2. The second-order valence-electron chi connectivity index (χ2n) is 7.30. The van der Waals surface area contributed by atoms with Crippen molar-refractivity contribution < 1.29 is 28.3 Å². The summed E-state index contributed by atoms with van der Waals surface area (Å²) < 4.78 is 35.0. The topological polar surface area (TPSA) is 83.1 Å². The Balaban J connectivity index is 1.69. The summed E-state index contributed by atoms with van der Waals surface area (Å²) in [5.74, 6) is -3.39. The molecule has 0 spiro atoms. The Bertz CT molecular complexity index is 977. The van der Waals surface area contributed by atoms with Crippen LogP contribution in [0.15, 0.2) is 24.3 Å². The van der Waals surface area contributed by atoms with Crippen molar-refractivity contribution in [3.63, 3.8) is 0 Å². The van der Waals surface area contributed by atoms with Crippen LogP contribution in [0.3, 0.4) is 0 Å². The van der Waals surface area contributed by atoms with E-state index in [1.54, 1.807) is 19.1 Å². The molecule has 0 bridgehead atoms. The maximum absolute atomic E-state index is 14.7. The van der Waals surface area contributed by atoms with Crippen LogP contribution in [0.25, 0.3) is 0 Å². The molecule has 0 saturated carbocycles. The van der Waals surface area contributed by atoms with Gasteiger partial charge in [-0.05, 0) is 59.3 Å². The number of anilines is 2. The molecule has 1 saturated heterocycles. The van der Waals surface area contributed by atoms with Gasteiger partial charge in [-0.15, -0.1) is 0 Å². The van der Waals surface area contributed by atoms with Crippen LogP contribution in [0.5, 0.6) is 0 Å². The number of morpholine rings is 1. The van der Waals surface area contributed by atoms with E-state index < -0.39 is 28.7 Å². The number of rotatable bonds is 8. The smallest absolute Gasteiger partial charge is 0.277 e. The van der Waals surface area contributed by atoms with Gasteiger partial charge >= 0.3 is 0 Å². The van der Waals surface area contributed by atoms with Crippen molar-refractivity contribution in [1.29, 1.82) is 0 Å². The van der Waals surface area contributed by atoms with E-state index >= 15 is 0 Å². The van der Waals surface area contributed by atoms with Crippen molar-refractivity contribution >= 4 is 51.5 Å². The maximum atomic E-state index is 14.7. The number of aliphatic hydroxyl groups is 1. The summed E-state index contributed by atoms with van der Waals surface area (Å²) in [7, 11) is 0. The number of aliphatic hydroxyl groups excluding tert-OH is 1. The molecule has 7 nitrogen and oxygen atoms in total. The lowest BCUT2D eigenvalue weighted by molar-refractivity contribution is -0.0362. The Morgan fingerprint density at radius 1 is 1.31 bits per heavy atom. The molecule has 3 rings (SSSR count). The standard InChI is InChI=1S/C21H23ClF2IN3O4/c1-12-8-13(25)2-3-17(12)26-20-15(9-16(22)18(23)19(20)24)21(30)27-32-11-14(29)10-28-4-6-31-7-5-28/h2-3,8-9,14,26,29H,4-7,10-11H2,1H3,(H,27,30). The first-order valence-electron chi connectivity index (χ1n) is 9.87. The Labute approximate surface area is 203 Å². The molecule has 0 aromatic heterocycles. The summed E-state index contributed by atoms with van der Waals surface area (Å²) in [6, 6.07) is 6.36. The quantitative estimate of drug-likeness (QED) is 0.251. The second-order valence-corrected chi connectivity index (χ2v) is 8.95. The molecule has 1 aliphatic heterocycles. The van der Waals surface area contributed by atoms with Gasteiger partial charge in [0, 0.05) is 28.9 Å². The summed E-state index contributed by atoms with van der Waals surface area (Å²) >= 11 is 7.90. The Kier molecular flexibility index (Phi) is 9.03. The zero-order valence-corrected chi connectivity index (χ0v) is 20.2. The summed E-state index contributed by atoms with van der Waals surface area (Å²) in [6.45, 7) is 4.56. The molecule has 3 N–H and O–H groups in total. The molecule has 2 aromatic rings. The van der Waals surface area contributed by atoms with Gasteiger partial charge in [0.15, 0.2) is 11.6 Å². The number of hydrogen-bond donors (Lipinski definition) is 3. The summed E-state index contributed by atoms with van der Waals surface area (Å²) in [4.78, 5) is 19.8. The minimum Gasteiger partial charge on any atom is -0.389 e. The number of aryl methyl sites for hydroxylation is 1. The zero-order valence-electron chi connectivity index (χ0n) is 17.3. The van der Waals surface area contributed by atoms with Gasteiger partial charge in [0.1, 0.15) is 6.61 Å². The van der Waals surface area contributed by atoms with E-state index in [0.717, 1.165) is 15.2 Å². The van der Waals surface area contributed by atoms with Gasteiger partial charge < -0.3 is 15.2 Å². The second kappa shape index (κ2) is 11.5. The normalized spacial score (nSPS) is 15.4. The van der Waals surface area contributed by atoms with Crippen molar-refractivity contribution in [2.45, 2.75) is 13.0 Å². The van der Waals surface area contributed by atoms with Crippen LogP contribution in [0.4, 0.5) is 20.2 Å². The molecule has 0 radical (unpaired) electrons. The molecular weight excluding hydrogens is 559 g/mol. The van der Waals surface area contributed by atoms with E-state index in [0.29, 0.717) is 38.5 Å². The van der Waals surface area contributed by atoms with Crippen molar-refractivity contribution in [3.05, 3.63) is 55.6 Å². The summed E-state index contributed by atoms with van der Waals surface area (Å²) in [6.07, 6.45) is -0.853. The number of hydroxylamine groups is 1. The monoisotopic (exact) mass is 581 g/mol. The molecule has 1 aliphatic rings. The molecule has 1 heterocycles. The maximum Gasteiger partial charge on any atom is 0.277 e. The molecule has 174 valence electrons. The highest BCUT2D eigenvalue weighted by Crippen LogP contribution is 2.32. The van der Waals surface area contributed by atoms with Crippen molar-refractivity contribution in [1.82, 2.24) is 10.4 Å². The van der Waals surface area contributed by atoms with Crippen LogP contribution < -0.4 is 10.8 Å². The first-order chi connectivity index (χ1) is 15.3. The average Bonchev–Trinajstić information content (AvgIpc) is 2.76. The average molecular weight is 582 g/mol. The number of benzene rings is 2. The van der Waals surface area contributed by atoms with Crippen LogP contribution in [-0.2, 0) is 9.57 Å². The van der Waals surface area contributed by atoms with E-state index in [1.807, 2.05) is 11.0 Å². The third-order valence-corrected chi connectivity index (χ3v) is 5.81. The third kappa shape index (κ3) is 6.49. The van der Waals surface area contributed by atoms with Crippen LogP contribution >= 0.6 is 34.2 Å². The number of halogens is 4. The number of carbonyl (C=O) groups excluding carboxylic acids is 1. The Hall–Kier alpha value is -1.57. The van der Waals surface area contributed by atoms with Gasteiger partial charge in [0.2, 0.25) is 0 Å². The fraction of sp³-hybridized carbons (Fsp3) is 0.381. The van der Waals surface area contributed by atoms with E-state index in [9.17, 15) is 18.7 Å². The highest BCUT2D eigenvalue weighted by Gasteiger charge is 2.23. The first-order valence-corrected chi connectivity index (χ1v) is 11.3. The molecule has 1 unspecified atom stereocenters. The fourth-order valence-electron chi connectivity index (χ4n) is 3.19.